The lowest BCUT2D eigenvalue weighted by Gasteiger charge is -2.24. The van der Waals surface area contributed by atoms with Crippen LogP contribution in [-0.2, 0) is 25.4 Å². The van der Waals surface area contributed by atoms with Crippen LogP contribution in [0.4, 0.5) is 26.3 Å². The Balaban J connectivity index is 1.94. The summed E-state index contributed by atoms with van der Waals surface area (Å²) in [6.45, 7) is 2.65. The number of halogens is 6. The Hall–Kier alpha value is -3.23. The predicted molar refractivity (Wildman–Crippen MR) is 116 cm³/mol. The van der Waals surface area contributed by atoms with E-state index >= 15 is 0 Å². The maximum Gasteiger partial charge on any atom is 0.416 e. The number of alkyl halides is 6. The third kappa shape index (κ3) is 6.42. The van der Waals surface area contributed by atoms with E-state index < -0.39 is 35.0 Å². The molecule has 0 unspecified atom stereocenters. The third-order valence-corrected chi connectivity index (χ3v) is 5.38. The second-order valence-electron chi connectivity index (χ2n) is 7.99. The standard InChI is InChI=1S/C25H24F6N2O/c1-2-3-11-33(17-22-10-7-12-32(22)16-18-8-5-4-6-9-18)23(34)19-13-20(24(26,27)28)15-21(14-19)25(29,30)31/h4-10,12-15H,2-3,11,16-17H2,1H3. The van der Waals surface area contributed by atoms with Crippen LogP contribution in [0.3, 0.4) is 0 Å². The number of aromatic nitrogens is 1. The van der Waals surface area contributed by atoms with Gasteiger partial charge in [-0.1, -0.05) is 43.7 Å². The highest BCUT2D eigenvalue weighted by atomic mass is 19.4. The van der Waals surface area contributed by atoms with Gasteiger partial charge in [-0.25, -0.2) is 0 Å². The molecule has 3 rings (SSSR count). The summed E-state index contributed by atoms with van der Waals surface area (Å²) in [6, 6.07) is 14.1. The molecule has 2 aromatic carbocycles. The Morgan fingerprint density at radius 1 is 0.882 bits per heavy atom. The molecule has 1 aromatic heterocycles. The van der Waals surface area contributed by atoms with Gasteiger partial charge >= 0.3 is 12.4 Å². The lowest BCUT2D eigenvalue weighted by atomic mass is 10.0. The smallest absolute Gasteiger partial charge is 0.345 e. The summed E-state index contributed by atoms with van der Waals surface area (Å²) in [6.07, 6.45) is -6.97. The number of hydrogen-bond donors (Lipinski definition) is 0. The van der Waals surface area contributed by atoms with Crippen molar-refractivity contribution in [2.24, 2.45) is 0 Å². The second-order valence-corrected chi connectivity index (χ2v) is 7.99. The molecular formula is C25H24F6N2O. The minimum Gasteiger partial charge on any atom is -0.345 e. The molecular weight excluding hydrogens is 458 g/mol. The Kier molecular flexibility index (Phi) is 7.74. The van der Waals surface area contributed by atoms with Crippen molar-refractivity contribution < 1.29 is 31.1 Å². The lowest BCUT2D eigenvalue weighted by molar-refractivity contribution is -0.143. The van der Waals surface area contributed by atoms with Crippen molar-refractivity contribution in [3.8, 4) is 0 Å². The van der Waals surface area contributed by atoms with E-state index in [9.17, 15) is 31.1 Å². The molecule has 0 aliphatic rings. The molecule has 0 N–H and O–H groups in total. The molecule has 1 amide bonds. The highest BCUT2D eigenvalue weighted by molar-refractivity contribution is 5.94. The highest BCUT2D eigenvalue weighted by Crippen LogP contribution is 2.36. The van der Waals surface area contributed by atoms with Crippen LogP contribution in [0, 0.1) is 0 Å². The minimum absolute atomic E-state index is 0.0260. The summed E-state index contributed by atoms with van der Waals surface area (Å²) in [4.78, 5) is 14.5. The highest BCUT2D eigenvalue weighted by Gasteiger charge is 2.38. The summed E-state index contributed by atoms with van der Waals surface area (Å²) < 4.78 is 81.5. The average molecular weight is 482 g/mol. The zero-order chi connectivity index (χ0) is 24.9. The van der Waals surface area contributed by atoms with Gasteiger partial charge in [-0.05, 0) is 42.3 Å². The molecule has 0 fully saturated rings. The van der Waals surface area contributed by atoms with Crippen LogP contribution >= 0.6 is 0 Å². The Morgan fingerprint density at radius 2 is 1.50 bits per heavy atom. The Labute approximate surface area is 193 Å². The Bertz CT molecular complexity index is 1070. The fourth-order valence-corrected chi connectivity index (χ4v) is 3.59. The molecule has 182 valence electrons. The van der Waals surface area contributed by atoms with Crippen molar-refractivity contribution in [1.29, 1.82) is 0 Å². The lowest BCUT2D eigenvalue weighted by Crippen LogP contribution is -2.33. The molecule has 3 nitrogen and oxygen atoms in total. The van der Waals surface area contributed by atoms with Gasteiger partial charge in [-0.2, -0.15) is 26.3 Å². The number of unbranched alkanes of at least 4 members (excludes halogenated alkanes) is 1. The predicted octanol–water partition coefficient (Wildman–Crippen LogP) is 7.02. The van der Waals surface area contributed by atoms with E-state index in [0.29, 0.717) is 31.5 Å². The quantitative estimate of drug-likeness (QED) is 0.317. The summed E-state index contributed by atoms with van der Waals surface area (Å²) in [7, 11) is 0. The van der Waals surface area contributed by atoms with E-state index in [0.717, 1.165) is 11.3 Å². The van der Waals surface area contributed by atoms with Gasteiger partial charge in [0.05, 0.1) is 17.7 Å². The first-order valence-electron chi connectivity index (χ1n) is 10.8. The maximum absolute atomic E-state index is 13.3. The SMILES string of the molecule is CCCCN(Cc1cccn1Cc1ccccc1)C(=O)c1cc(C(F)(F)F)cc(C(F)(F)F)c1. The fourth-order valence-electron chi connectivity index (χ4n) is 3.59. The van der Waals surface area contributed by atoms with Crippen molar-refractivity contribution >= 4 is 5.91 Å². The second kappa shape index (κ2) is 10.4. The summed E-state index contributed by atoms with van der Waals surface area (Å²) in [5.74, 6) is -0.877. The summed E-state index contributed by atoms with van der Waals surface area (Å²) >= 11 is 0. The number of carbonyl (C=O) groups excluding carboxylic acids is 1. The number of benzene rings is 2. The topological polar surface area (TPSA) is 25.2 Å². The third-order valence-electron chi connectivity index (χ3n) is 5.38. The van der Waals surface area contributed by atoms with Gasteiger partial charge in [-0.3, -0.25) is 4.79 Å². The number of nitrogens with zero attached hydrogens (tertiary/aromatic N) is 2. The molecule has 9 heteroatoms. The molecule has 0 radical (unpaired) electrons. The fraction of sp³-hybridized carbons (Fsp3) is 0.320. The van der Waals surface area contributed by atoms with Gasteiger partial charge in [-0.15, -0.1) is 0 Å². The van der Waals surface area contributed by atoms with E-state index in [1.807, 2.05) is 48.0 Å². The number of amides is 1. The number of rotatable bonds is 8. The van der Waals surface area contributed by atoms with Crippen molar-refractivity contribution in [3.05, 3.63) is 94.8 Å². The first-order valence-corrected chi connectivity index (χ1v) is 10.8. The van der Waals surface area contributed by atoms with Gasteiger partial charge in [0.1, 0.15) is 0 Å². The van der Waals surface area contributed by atoms with Crippen molar-refractivity contribution in [3.63, 3.8) is 0 Å². The van der Waals surface area contributed by atoms with Gasteiger partial charge in [0.15, 0.2) is 0 Å². The number of hydrogen-bond acceptors (Lipinski definition) is 1. The van der Waals surface area contributed by atoms with Gasteiger partial charge in [0.25, 0.3) is 5.91 Å². The van der Waals surface area contributed by atoms with Crippen LogP contribution in [0.25, 0.3) is 0 Å². The minimum atomic E-state index is -5.02. The van der Waals surface area contributed by atoms with Gasteiger partial charge < -0.3 is 9.47 Å². The van der Waals surface area contributed by atoms with Crippen LogP contribution < -0.4 is 0 Å². The maximum atomic E-state index is 13.3. The number of carbonyl (C=O) groups is 1. The van der Waals surface area contributed by atoms with Crippen LogP contribution in [0.15, 0.2) is 66.9 Å². The Morgan fingerprint density at radius 3 is 2.06 bits per heavy atom. The molecule has 0 atom stereocenters. The molecule has 1 heterocycles. The molecule has 0 aliphatic carbocycles. The first kappa shape index (κ1) is 25.4. The van der Waals surface area contributed by atoms with Crippen molar-refractivity contribution in [2.75, 3.05) is 6.54 Å². The van der Waals surface area contributed by atoms with Crippen LogP contribution in [0.2, 0.25) is 0 Å². The van der Waals surface area contributed by atoms with Gasteiger partial charge in [0, 0.05) is 30.5 Å². The molecule has 3 aromatic rings. The molecule has 34 heavy (non-hydrogen) atoms. The van der Waals surface area contributed by atoms with E-state index in [-0.39, 0.29) is 19.2 Å². The zero-order valence-electron chi connectivity index (χ0n) is 18.5. The molecule has 0 spiro atoms. The normalized spacial score (nSPS) is 12.1. The van der Waals surface area contributed by atoms with Crippen molar-refractivity contribution in [1.82, 2.24) is 9.47 Å². The van der Waals surface area contributed by atoms with Crippen LogP contribution in [0.1, 0.15) is 52.5 Å². The van der Waals surface area contributed by atoms with E-state index in [4.69, 9.17) is 0 Å². The average Bonchev–Trinajstić information content (AvgIpc) is 3.21. The van der Waals surface area contributed by atoms with E-state index in [1.165, 1.54) is 4.90 Å². The van der Waals surface area contributed by atoms with E-state index in [1.54, 1.807) is 12.1 Å². The zero-order valence-corrected chi connectivity index (χ0v) is 18.5. The monoisotopic (exact) mass is 482 g/mol. The summed E-state index contributed by atoms with van der Waals surface area (Å²) in [5, 5.41) is 0. The van der Waals surface area contributed by atoms with Gasteiger partial charge in [0.2, 0.25) is 0 Å². The molecule has 0 saturated heterocycles. The largest absolute Gasteiger partial charge is 0.416 e. The van der Waals surface area contributed by atoms with E-state index in [2.05, 4.69) is 0 Å². The molecule has 0 bridgehead atoms. The van der Waals surface area contributed by atoms with Crippen molar-refractivity contribution in [2.45, 2.75) is 45.2 Å². The summed E-state index contributed by atoms with van der Waals surface area (Å²) in [5.41, 5.74) is -1.92. The molecule has 0 aliphatic heterocycles. The van der Waals surface area contributed by atoms with Crippen LogP contribution in [0.5, 0.6) is 0 Å². The first-order chi connectivity index (χ1) is 16.0. The molecule has 0 saturated carbocycles. The van der Waals surface area contributed by atoms with Crippen LogP contribution in [-0.4, -0.2) is 21.9 Å².